The number of thiophene rings is 1. The van der Waals surface area contributed by atoms with Gasteiger partial charge in [0.25, 0.3) is 0 Å². The lowest BCUT2D eigenvalue weighted by atomic mass is 10.1. The number of hydrogen-bond donors (Lipinski definition) is 2. The van der Waals surface area contributed by atoms with Crippen LogP contribution in [-0.4, -0.2) is 22.0 Å². The van der Waals surface area contributed by atoms with Crippen LogP contribution in [0.5, 0.6) is 0 Å². The predicted octanol–water partition coefficient (Wildman–Crippen LogP) is 3.52. The third-order valence-electron chi connectivity index (χ3n) is 2.72. The Kier molecular flexibility index (Phi) is 6.43. The number of aliphatic carboxylic acids is 1. The fraction of sp³-hybridized carbons (Fsp3) is 0.538. The van der Waals surface area contributed by atoms with Gasteiger partial charge in [-0.15, -0.1) is 11.3 Å². The van der Waals surface area contributed by atoms with Crippen molar-refractivity contribution in [3.63, 3.8) is 0 Å². The van der Waals surface area contributed by atoms with Crippen LogP contribution < -0.4 is 0 Å². The minimum atomic E-state index is -0.722. The molecular weight excluding hydrogens is 250 g/mol. The smallest absolute Gasteiger partial charge is 0.303 e. The van der Waals surface area contributed by atoms with Gasteiger partial charge in [0.1, 0.15) is 0 Å². The van der Waals surface area contributed by atoms with Gasteiger partial charge in [0.15, 0.2) is 0 Å². The van der Waals surface area contributed by atoms with Gasteiger partial charge in [-0.3, -0.25) is 4.79 Å². The van der Waals surface area contributed by atoms with Crippen molar-refractivity contribution in [1.82, 2.24) is 0 Å². The third kappa shape index (κ3) is 4.87. The van der Waals surface area contributed by atoms with Crippen molar-refractivity contribution in [3.8, 4) is 0 Å². The van der Waals surface area contributed by atoms with E-state index in [1.165, 1.54) is 4.88 Å². The van der Waals surface area contributed by atoms with E-state index in [1.807, 2.05) is 13.0 Å². The quantitative estimate of drug-likeness (QED) is 0.328. The Balaban J connectivity index is 2.33. The summed E-state index contributed by atoms with van der Waals surface area (Å²) in [6.07, 6.45) is 4.62. The second-order valence-electron chi connectivity index (χ2n) is 4.12. The Morgan fingerprint density at radius 2 is 2.11 bits per heavy atom. The Morgan fingerprint density at radius 1 is 1.33 bits per heavy atom. The molecular formula is C13H19NO3S. The van der Waals surface area contributed by atoms with Gasteiger partial charge in [-0.2, -0.15) is 0 Å². The zero-order valence-electron chi connectivity index (χ0n) is 10.6. The highest BCUT2D eigenvalue weighted by molar-refractivity contribution is 7.14. The third-order valence-corrected chi connectivity index (χ3v) is 3.91. The fourth-order valence-corrected chi connectivity index (χ4v) is 2.82. The Labute approximate surface area is 111 Å². The summed E-state index contributed by atoms with van der Waals surface area (Å²) in [6, 6.07) is 4.04. The molecule has 0 aromatic carbocycles. The summed E-state index contributed by atoms with van der Waals surface area (Å²) >= 11 is 1.65. The van der Waals surface area contributed by atoms with Crippen LogP contribution in [0.3, 0.4) is 0 Å². The zero-order valence-corrected chi connectivity index (χ0v) is 11.4. The van der Waals surface area contributed by atoms with Gasteiger partial charge < -0.3 is 10.3 Å². The summed E-state index contributed by atoms with van der Waals surface area (Å²) in [7, 11) is 0. The minimum absolute atomic E-state index is 0.257. The molecule has 0 bridgehead atoms. The number of rotatable bonds is 8. The summed E-state index contributed by atoms with van der Waals surface area (Å²) in [6.45, 7) is 1.96. The van der Waals surface area contributed by atoms with E-state index in [-0.39, 0.29) is 6.42 Å². The first-order valence-electron chi connectivity index (χ1n) is 6.19. The SMILES string of the molecule is CCC(=NO)c1ccc(CCCCCC(=O)O)s1. The molecule has 4 nitrogen and oxygen atoms in total. The lowest BCUT2D eigenvalue weighted by Crippen LogP contribution is -1.94. The summed E-state index contributed by atoms with van der Waals surface area (Å²) in [5.74, 6) is -0.722. The van der Waals surface area contributed by atoms with Gasteiger partial charge in [0.05, 0.1) is 10.6 Å². The molecule has 1 heterocycles. The minimum Gasteiger partial charge on any atom is -0.481 e. The van der Waals surface area contributed by atoms with Gasteiger partial charge in [-0.05, 0) is 37.8 Å². The molecule has 5 heteroatoms. The highest BCUT2D eigenvalue weighted by Crippen LogP contribution is 2.20. The van der Waals surface area contributed by atoms with Crippen molar-refractivity contribution in [2.75, 3.05) is 0 Å². The number of hydrogen-bond acceptors (Lipinski definition) is 4. The first kappa shape index (κ1) is 14.7. The molecule has 2 N–H and O–H groups in total. The summed E-state index contributed by atoms with van der Waals surface area (Å²) in [5.41, 5.74) is 0.720. The van der Waals surface area contributed by atoms with Crippen LogP contribution in [-0.2, 0) is 11.2 Å². The molecule has 0 radical (unpaired) electrons. The second kappa shape index (κ2) is 7.87. The van der Waals surface area contributed by atoms with Gasteiger partial charge in [0.2, 0.25) is 0 Å². The Bertz CT molecular complexity index is 412. The number of oxime groups is 1. The van der Waals surface area contributed by atoms with Crippen LogP contribution in [0, 0.1) is 0 Å². The maximum absolute atomic E-state index is 10.3. The molecule has 0 aliphatic heterocycles. The topological polar surface area (TPSA) is 69.9 Å². The normalized spacial score (nSPS) is 11.7. The van der Waals surface area contributed by atoms with Crippen LogP contribution in [0.1, 0.15) is 48.8 Å². The van der Waals surface area contributed by atoms with Gasteiger partial charge in [0, 0.05) is 11.3 Å². The molecule has 1 rings (SSSR count). The van der Waals surface area contributed by atoms with Crippen LogP contribution in [0.15, 0.2) is 17.3 Å². The maximum atomic E-state index is 10.3. The molecule has 0 spiro atoms. The van der Waals surface area contributed by atoms with Crippen LogP contribution in [0.25, 0.3) is 0 Å². The monoisotopic (exact) mass is 269 g/mol. The van der Waals surface area contributed by atoms with Crippen molar-refractivity contribution in [1.29, 1.82) is 0 Å². The molecule has 100 valence electrons. The van der Waals surface area contributed by atoms with E-state index in [0.717, 1.165) is 42.7 Å². The second-order valence-corrected chi connectivity index (χ2v) is 5.29. The van der Waals surface area contributed by atoms with Crippen molar-refractivity contribution in [2.24, 2.45) is 5.16 Å². The zero-order chi connectivity index (χ0) is 13.4. The van der Waals surface area contributed by atoms with Gasteiger partial charge in [-0.25, -0.2) is 0 Å². The van der Waals surface area contributed by atoms with Crippen molar-refractivity contribution in [2.45, 2.75) is 45.4 Å². The van der Waals surface area contributed by atoms with Gasteiger partial charge >= 0.3 is 5.97 Å². The molecule has 0 fully saturated rings. The predicted molar refractivity (Wildman–Crippen MR) is 72.7 cm³/mol. The van der Waals surface area contributed by atoms with E-state index in [0.29, 0.717) is 0 Å². The van der Waals surface area contributed by atoms with Crippen LogP contribution >= 0.6 is 11.3 Å². The Hall–Kier alpha value is -1.36. The average molecular weight is 269 g/mol. The Morgan fingerprint density at radius 3 is 2.72 bits per heavy atom. The number of carboxylic acids is 1. The van der Waals surface area contributed by atoms with Crippen molar-refractivity contribution >= 4 is 23.0 Å². The highest BCUT2D eigenvalue weighted by atomic mass is 32.1. The summed E-state index contributed by atoms with van der Waals surface area (Å²) < 4.78 is 0. The lowest BCUT2D eigenvalue weighted by Gasteiger charge is -1.98. The average Bonchev–Trinajstić information content (AvgIpc) is 2.79. The fourth-order valence-electron chi connectivity index (χ4n) is 1.71. The maximum Gasteiger partial charge on any atom is 0.303 e. The van der Waals surface area contributed by atoms with Gasteiger partial charge in [-0.1, -0.05) is 18.5 Å². The van der Waals surface area contributed by atoms with E-state index >= 15 is 0 Å². The lowest BCUT2D eigenvalue weighted by molar-refractivity contribution is -0.137. The number of carbonyl (C=O) groups is 1. The van der Waals surface area contributed by atoms with E-state index in [9.17, 15) is 4.79 Å². The number of nitrogens with zero attached hydrogens (tertiary/aromatic N) is 1. The molecule has 0 amide bonds. The van der Waals surface area contributed by atoms with E-state index in [2.05, 4.69) is 11.2 Å². The summed E-state index contributed by atoms with van der Waals surface area (Å²) in [4.78, 5) is 12.6. The largest absolute Gasteiger partial charge is 0.481 e. The van der Waals surface area contributed by atoms with Crippen molar-refractivity contribution < 1.29 is 15.1 Å². The molecule has 0 atom stereocenters. The van der Waals surface area contributed by atoms with E-state index in [4.69, 9.17) is 10.3 Å². The summed E-state index contributed by atoms with van der Waals surface area (Å²) in [5, 5.41) is 20.6. The first-order chi connectivity index (χ1) is 8.67. The number of carboxylic acid groups (broad SMARTS) is 1. The van der Waals surface area contributed by atoms with Crippen LogP contribution in [0.4, 0.5) is 0 Å². The molecule has 0 unspecified atom stereocenters. The molecule has 0 aliphatic carbocycles. The van der Waals surface area contributed by atoms with E-state index in [1.54, 1.807) is 11.3 Å². The standard InChI is InChI=1S/C13H19NO3S/c1-2-11(14-17)12-9-8-10(18-12)6-4-3-5-7-13(15)16/h8-9,17H,2-7H2,1H3,(H,15,16). The van der Waals surface area contributed by atoms with Crippen molar-refractivity contribution in [3.05, 3.63) is 21.9 Å². The van der Waals surface area contributed by atoms with Crippen LogP contribution in [0.2, 0.25) is 0 Å². The molecule has 1 aromatic heterocycles. The first-order valence-corrected chi connectivity index (χ1v) is 7.00. The molecule has 1 aromatic rings. The number of aryl methyl sites for hydroxylation is 1. The molecule has 0 aliphatic rings. The molecule has 18 heavy (non-hydrogen) atoms. The molecule has 0 saturated carbocycles. The highest BCUT2D eigenvalue weighted by Gasteiger charge is 2.06. The van der Waals surface area contributed by atoms with E-state index < -0.39 is 5.97 Å². The molecule has 0 saturated heterocycles. The number of unbranched alkanes of at least 4 members (excludes halogenated alkanes) is 2.